The lowest BCUT2D eigenvalue weighted by atomic mass is 10.2. The average Bonchev–Trinajstić information content (AvgIpc) is 3.03. The van der Waals surface area contributed by atoms with Crippen LogP contribution in [0.3, 0.4) is 0 Å². The second-order valence-corrected chi connectivity index (χ2v) is 5.61. The zero-order valence-electron chi connectivity index (χ0n) is 11.4. The summed E-state index contributed by atoms with van der Waals surface area (Å²) in [5.41, 5.74) is 3.16. The Kier molecular flexibility index (Phi) is 5.35. The van der Waals surface area contributed by atoms with Crippen molar-refractivity contribution < 1.29 is 14.3 Å². The van der Waals surface area contributed by atoms with Crippen molar-refractivity contribution in [2.75, 3.05) is 14.2 Å². The van der Waals surface area contributed by atoms with E-state index >= 15 is 0 Å². The van der Waals surface area contributed by atoms with Crippen LogP contribution >= 0.6 is 27.3 Å². The van der Waals surface area contributed by atoms with Gasteiger partial charge in [0.05, 0.1) is 35.3 Å². The number of nitrogens with one attached hydrogen (secondary N) is 1. The van der Waals surface area contributed by atoms with Crippen LogP contribution in [0, 0.1) is 0 Å². The molecule has 0 spiro atoms. The molecule has 0 fully saturated rings. The number of carbonyl (C=O) groups excluding carboxylic acids is 1. The fourth-order valence-corrected chi connectivity index (χ4v) is 2.83. The van der Waals surface area contributed by atoms with Gasteiger partial charge in [0.15, 0.2) is 0 Å². The van der Waals surface area contributed by atoms with E-state index in [2.05, 4.69) is 26.5 Å². The number of rotatable bonds is 5. The number of nitrogens with zero attached hydrogens (tertiary/aromatic N) is 1. The van der Waals surface area contributed by atoms with Gasteiger partial charge in [-0.25, -0.2) is 5.43 Å². The normalized spacial score (nSPS) is 10.6. The predicted octanol–water partition coefficient (Wildman–Crippen LogP) is 3.29. The first-order valence-corrected chi connectivity index (χ1v) is 7.62. The molecule has 7 heteroatoms. The van der Waals surface area contributed by atoms with Crippen molar-refractivity contribution in [2.45, 2.75) is 0 Å². The second kappa shape index (κ2) is 7.24. The van der Waals surface area contributed by atoms with E-state index in [-0.39, 0.29) is 5.91 Å². The maximum Gasteiger partial charge on any atom is 0.281 e. The molecule has 1 aromatic carbocycles. The summed E-state index contributed by atoms with van der Waals surface area (Å²) in [5, 5.41) is 5.79. The van der Waals surface area contributed by atoms with Crippen molar-refractivity contribution in [1.29, 1.82) is 0 Å². The number of halogens is 1. The van der Waals surface area contributed by atoms with Crippen LogP contribution in [0.2, 0.25) is 0 Å². The maximum absolute atomic E-state index is 11.8. The molecule has 21 heavy (non-hydrogen) atoms. The minimum absolute atomic E-state index is 0.251. The van der Waals surface area contributed by atoms with Crippen LogP contribution in [0.1, 0.15) is 15.2 Å². The lowest BCUT2D eigenvalue weighted by Crippen LogP contribution is -2.16. The van der Waals surface area contributed by atoms with E-state index in [1.807, 2.05) is 11.4 Å². The summed E-state index contributed by atoms with van der Waals surface area (Å²) < 4.78 is 11.2. The van der Waals surface area contributed by atoms with Crippen molar-refractivity contribution in [1.82, 2.24) is 5.43 Å². The van der Waals surface area contributed by atoms with Gasteiger partial charge in [-0.2, -0.15) is 5.10 Å². The Morgan fingerprint density at radius 3 is 2.62 bits per heavy atom. The molecule has 0 saturated carbocycles. The highest BCUT2D eigenvalue weighted by atomic mass is 79.9. The zero-order valence-corrected chi connectivity index (χ0v) is 13.8. The molecule has 5 nitrogen and oxygen atoms in total. The summed E-state index contributed by atoms with van der Waals surface area (Å²) in [6, 6.07) is 7.10. The number of hydrogen-bond acceptors (Lipinski definition) is 5. The van der Waals surface area contributed by atoms with Crippen molar-refractivity contribution >= 4 is 39.4 Å². The molecule has 1 N–H and O–H groups in total. The highest BCUT2D eigenvalue weighted by Crippen LogP contribution is 2.33. The largest absolute Gasteiger partial charge is 0.496 e. The lowest BCUT2D eigenvalue weighted by molar-refractivity contribution is 0.0959. The monoisotopic (exact) mass is 368 g/mol. The SMILES string of the molecule is COc1ccc(OC)c(/C=N\NC(=O)c2cccs2)c1Br. The summed E-state index contributed by atoms with van der Waals surface area (Å²) in [7, 11) is 3.14. The van der Waals surface area contributed by atoms with Crippen LogP contribution in [-0.4, -0.2) is 26.3 Å². The van der Waals surface area contributed by atoms with Crippen LogP contribution < -0.4 is 14.9 Å². The molecular formula is C14H13BrN2O3S. The van der Waals surface area contributed by atoms with Gasteiger partial charge in [-0.05, 0) is 39.5 Å². The molecule has 110 valence electrons. The summed E-state index contributed by atoms with van der Waals surface area (Å²) in [4.78, 5) is 12.4. The molecule has 1 amide bonds. The van der Waals surface area contributed by atoms with Crippen LogP contribution in [0.4, 0.5) is 0 Å². The number of benzene rings is 1. The van der Waals surface area contributed by atoms with Crippen LogP contribution in [0.15, 0.2) is 39.2 Å². The standard InChI is InChI=1S/C14H13BrN2O3S/c1-19-10-5-6-11(20-2)13(15)9(10)8-16-17-14(18)12-4-3-7-21-12/h3-8H,1-2H3,(H,17,18)/b16-8-. The molecule has 0 unspecified atom stereocenters. The van der Waals surface area contributed by atoms with Crippen molar-refractivity contribution in [3.8, 4) is 11.5 Å². The molecule has 0 atom stereocenters. The van der Waals surface area contributed by atoms with Gasteiger partial charge < -0.3 is 9.47 Å². The van der Waals surface area contributed by atoms with Gasteiger partial charge in [0.1, 0.15) is 11.5 Å². The molecule has 0 aliphatic carbocycles. The van der Waals surface area contributed by atoms with Crippen LogP contribution in [0.25, 0.3) is 0 Å². The minimum Gasteiger partial charge on any atom is -0.496 e. The molecule has 0 bridgehead atoms. The van der Waals surface area contributed by atoms with Gasteiger partial charge in [-0.3, -0.25) is 4.79 Å². The Hall–Kier alpha value is -1.86. The summed E-state index contributed by atoms with van der Waals surface area (Å²) in [6.07, 6.45) is 1.51. The van der Waals surface area contributed by atoms with E-state index in [0.717, 1.165) is 0 Å². The molecule has 0 aliphatic heterocycles. The summed E-state index contributed by atoms with van der Waals surface area (Å²) in [6.45, 7) is 0. The number of thiophene rings is 1. The lowest BCUT2D eigenvalue weighted by Gasteiger charge is -2.10. The van der Waals surface area contributed by atoms with Gasteiger partial charge in [0, 0.05) is 0 Å². The summed E-state index contributed by atoms with van der Waals surface area (Å²) >= 11 is 4.79. The highest BCUT2D eigenvalue weighted by Gasteiger charge is 2.11. The second-order valence-electron chi connectivity index (χ2n) is 3.87. The first kappa shape index (κ1) is 15.5. The Bertz CT molecular complexity index is 656. The van der Waals surface area contributed by atoms with E-state index in [0.29, 0.717) is 26.4 Å². The molecule has 2 aromatic rings. The third-order valence-electron chi connectivity index (χ3n) is 2.65. The van der Waals surface area contributed by atoms with Gasteiger partial charge in [-0.1, -0.05) is 6.07 Å². The highest BCUT2D eigenvalue weighted by molar-refractivity contribution is 9.10. The molecule has 0 aliphatic rings. The Morgan fingerprint density at radius 1 is 1.29 bits per heavy atom. The third-order valence-corrected chi connectivity index (χ3v) is 4.34. The predicted molar refractivity (Wildman–Crippen MR) is 86.6 cm³/mol. The first-order chi connectivity index (χ1) is 10.2. The zero-order chi connectivity index (χ0) is 15.2. The van der Waals surface area contributed by atoms with Gasteiger partial charge in [-0.15, -0.1) is 11.3 Å². The Morgan fingerprint density at radius 2 is 2.00 bits per heavy atom. The number of ether oxygens (including phenoxy) is 2. The number of hydrazone groups is 1. The number of amides is 1. The topological polar surface area (TPSA) is 59.9 Å². The van der Waals surface area contributed by atoms with E-state index in [1.54, 1.807) is 32.4 Å². The molecule has 0 radical (unpaired) electrons. The third kappa shape index (κ3) is 3.62. The van der Waals surface area contributed by atoms with Crippen LogP contribution in [-0.2, 0) is 0 Å². The van der Waals surface area contributed by atoms with Gasteiger partial charge in [0.2, 0.25) is 0 Å². The van der Waals surface area contributed by atoms with E-state index in [9.17, 15) is 4.79 Å². The van der Waals surface area contributed by atoms with Crippen molar-refractivity contribution in [2.24, 2.45) is 5.10 Å². The van der Waals surface area contributed by atoms with E-state index < -0.39 is 0 Å². The average molecular weight is 369 g/mol. The van der Waals surface area contributed by atoms with Gasteiger partial charge in [0.25, 0.3) is 5.91 Å². The molecule has 0 saturated heterocycles. The van der Waals surface area contributed by atoms with E-state index in [4.69, 9.17) is 9.47 Å². The quantitative estimate of drug-likeness (QED) is 0.650. The molecule has 2 rings (SSSR count). The van der Waals surface area contributed by atoms with Crippen molar-refractivity contribution in [3.63, 3.8) is 0 Å². The Labute approximate surface area is 134 Å². The van der Waals surface area contributed by atoms with Crippen LogP contribution in [0.5, 0.6) is 11.5 Å². The smallest absolute Gasteiger partial charge is 0.281 e. The molecule has 1 heterocycles. The maximum atomic E-state index is 11.8. The minimum atomic E-state index is -0.251. The summed E-state index contributed by atoms with van der Waals surface area (Å²) in [5.74, 6) is 1.03. The van der Waals surface area contributed by atoms with E-state index in [1.165, 1.54) is 17.6 Å². The Balaban J connectivity index is 2.18. The fraction of sp³-hybridized carbons (Fsp3) is 0.143. The molecule has 1 aromatic heterocycles. The first-order valence-electron chi connectivity index (χ1n) is 5.94. The number of carbonyl (C=O) groups is 1. The van der Waals surface area contributed by atoms with Gasteiger partial charge >= 0.3 is 0 Å². The number of hydrogen-bond donors (Lipinski definition) is 1. The molecular weight excluding hydrogens is 356 g/mol. The number of methoxy groups -OCH3 is 2. The fourth-order valence-electron chi connectivity index (χ4n) is 1.63. The van der Waals surface area contributed by atoms with Crippen molar-refractivity contribution in [3.05, 3.63) is 44.6 Å².